The van der Waals surface area contributed by atoms with E-state index in [-0.39, 0.29) is 11.7 Å². The molecule has 1 aromatic carbocycles. The summed E-state index contributed by atoms with van der Waals surface area (Å²) in [6, 6.07) is 9.08. The van der Waals surface area contributed by atoms with Gasteiger partial charge in [-0.15, -0.1) is 0 Å². The molecule has 1 aromatic rings. The molecule has 0 spiro atoms. The van der Waals surface area contributed by atoms with E-state index >= 15 is 0 Å². The van der Waals surface area contributed by atoms with Crippen molar-refractivity contribution in [2.75, 3.05) is 23.4 Å². The third-order valence-corrected chi connectivity index (χ3v) is 2.97. The minimum Gasteiger partial charge on any atom is -0.330 e. The van der Waals surface area contributed by atoms with Gasteiger partial charge in [-0.2, -0.15) is 0 Å². The van der Waals surface area contributed by atoms with Crippen LogP contribution in [0.15, 0.2) is 30.3 Å². The predicted octanol–water partition coefficient (Wildman–Crippen LogP) is 0.333. The van der Waals surface area contributed by atoms with Gasteiger partial charge in [0, 0.05) is 28.8 Å². The van der Waals surface area contributed by atoms with E-state index in [0.717, 1.165) is 0 Å². The average molecular weight is 226 g/mol. The minimum atomic E-state index is -1.16. The van der Waals surface area contributed by atoms with Crippen LogP contribution in [0.25, 0.3) is 0 Å². The van der Waals surface area contributed by atoms with Gasteiger partial charge in [0.25, 0.3) is 0 Å². The summed E-state index contributed by atoms with van der Waals surface area (Å²) >= 11 is 0. The summed E-state index contributed by atoms with van der Waals surface area (Å²) in [5, 5.41) is 2.66. The van der Waals surface area contributed by atoms with Gasteiger partial charge in [-0.1, -0.05) is 18.2 Å². The molecule has 1 rings (SSSR count). The Labute approximate surface area is 91.3 Å². The summed E-state index contributed by atoms with van der Waals surface area (Å²) in [7, 11) is -1.16. The molecule has 0 aliphatic rings. The van der Waals surface area contributed by atoms with Crippen LogP contribution in [0.5, 0.6) is 0 Å². The monoisotopic (exact) mass is 226 g/mol. The molecule has 0 fully saturated rings. The number of anilines is 1. The van der Waals surface area contributed by atoms with E-state index in [1.165, 1.54) is 0 Å². The largest absolute Gasteiger partial charge is 0.330 e. The lowest BCUT2D eigenvalue weighted by Gasteiger charge is -2.04. The van der Waals surface area contributed by atoms with Gasteiger partial charge in [0.05, 0.1) is 0 Å². The second-order valence-electron chi connectivity index (χ2n) is 2.99. The Bertz CT molecular complexity index is 341. The second-order valence-corrected chi connectivity index (χ2v) is 4.57. The number of rotatable bonds is 5. The van der Waals surface area contributed by atoms with Gasteiger partial charge in [0.2, 0.25) is 5.91 Å². The van der Waals surface area contributed by atoms with Crippen LogP contribution in [0.1, 0.15) is 0 Å². The topological polar surface area (TPSA) is 72.2 Å². The van der Waals surface area contributed by atoms with Crippen LogP contribution in [0.3, 0.4) is 0 Å². The van der Waals surface area contributed by atoms with Crippen molar-refractivity contribution in [3.63, 3.8) is 0 Å². The number of nitrogens with one attached hydrogen (secondary N) is 1. The fourth-order valence-electron chi connectivity index (χ4n) is 1.07. The Kier molecular flexibility index (Phi) is 5.00. The Morgan fingerprint density at radius 3 is 2.60 bits per heavy atom. The van der Waals surface area contributed by atoms with E-state index in [0.29, 0.717) is 18.0 Å². The van der Waals surface area contributed by atoms with E-state index in [1.807, 2.05) is 18.2 Å². The first-order valence-electron chi connectivity index (χ1n) is 4.62. The molecule has 15 heavy (non-hydrogen) atoms. The molecule has 0 saturated carbocycles. The maximum atomic E-state index is 11.4. The van der Waals surface area contributed by atoms with Crippen LogP contribution in [0, 0.1) is 0 Å². The maximum absolute atomic E-state index is 11.4. The van der Waals surface area contributed by atoms with E-state index in [2.05, 4.69) is 5.32 Å². The Morgan fingerprint density at radius 1 is 1.33 bits per heavy atom. The minimum absolute atomic E-state index is 0.00605. The van der Waals surface area contributed by atoms with Crippen molar-refractivity contribution in [1.29, 1.82) is 0 Å². The van der Waals surface area contributed by atoms with E-state index in [1.54, 1.807) is 12.1 Å². The normalized spacial score (nSPS) is 12.1. The van der Waals surface area contributed by atoms with Crippen molar-refractivity contribution >= 4 is 22.4 Å². The first kappa shape index (κ1) is 11.9. The summed E-state index contributed by atoms with van der Waals surface area (Å²) in [6.07, 6.45) is 0. The van der Waals surface area contributed by atoms with Gasteiger partial charge in [-0.25, -0.2) is 0 Å². The van der Waals surface area contributed by atoms with Crippen LogP contribution in [-0.4, -0.2) is 28.2 Å². The molecule has 0 heterocycles. The van der Waals surface area contributed by atoms with Crippen molar-refractivity contribution in [3.05, 3.63) is 30.3 Å². The molecule has 0 saturated heterocycles. The molecule has 4 nitrogen and oxygen atoms in total. The van der Waals surface area contributed by atoms with Crippen molar-refractivity contribution in [2.45, 2.75) is 0 Å². The van der Waals surface area contributed by atoms with E-state index in [4.69, 9.17) is 5.73 Å². The van der Waals surface area contributed by atoms with Gasteiger partial charge < -0.3 is 11.1 Å². The second kappa shape index (κ2) is 6.31. The van der Waals surface area contributed by atoms with Crippen LogP contribution in [-0.2, 0) is 15.6 Å². The highest BCUT2D eigenvalue weighted by molar-refractivity contribution is 7.85. The highest BCUT2D eigenvalue weighted by atomic mass is 32.2. The van der Waals surface area contributed by atoms with Crippen LogP contribution < -0.4 is 11.1 Å². The number of amides is 1. The molecule has 5 heteroatoms. The predicted molar refractivity (Wildman–Crippen MR) is 62.0 cm³/mol. The molecule has 3 N–H and O–H groups in total. The highest BCUT2D eigenvalue weighted by Crippen LogP contribution is 2.04. The van der Waals surface area contributed by atoms with Gasteiger partial charge in [-0.3, -0.25) is 9.00 Å². The molecule has 0 radical (unpaired) electrons. The quantitative estimate of drug-likeness (QED) is 0.760. The summed E-state index contributed by atoms with van der Waals surface area (Å²) in [5.74, 6) is 0.127. The lowest BCUT2D eigenvalue weighted by atomic mass is 10.3. The van der Waals surface area contributed by atoms with Gasteiger partial charge in [0.15, 0.2) is 0 Å². The molecule has 1 unspecified atom stereocenters. The first-order valence-corrected chi connectivity index (χ1v) is 6.11. The molecule has 0 aromatic heterocycles. The van der Waals surface area contributed by atoms with Gasteiger partial charge in [-0.05, 0) is 12.1 Å². The van der Waals surface area contributed by atoms with Crippen molar-refractivity contribution in [3.8, 4) is 0 Å². The Morgan fingerprint density at radius 2 is 2.00 bits per heavy atom. The van der Waals surface area contributed by atoms with Gasteiger partial charge >= 0.3 is 0 Å². The zero-order chi connectivity index (χ0) is 11.1. The van der Waals surface area contributed by atoms with E-state index in [9.17, 15) is 9.00 Å². The SMILES string of the molecule is NCCS(=O)CC(=O)Nc1ccccc1. The van der Waals surface area contributed by atoms with E-state index < -0.39 is 10.8 Å². The van der Waals surface area contributed by atoms with Crippen molar-refractivity contribution in [2.24, 2.45) is 5.73 Å². The number of hydrogen-bond acceptors (Lipinski definition) is 3. The van der Waals surface area contributed by atoms with Crippen LogP contribution in [0.2, 0.25) is 0 Å². The standard InChI is InChI=1S/C10H14N2O2S/c11-6-7-15(14)8-10(13)12-9-4-2-1-3-5-9/h1-5H,6-8,11H2,(H,12,13). The molecule has 1 amide bonds. The Balaban J connectivity index is 2.40. The summed E-state index contributed by atoms with van der Waals surface area (Å²) in [5.41, 5.74) is 5.95. The molecule has 0 aliphatic carbocycles. The molecule has 82 valence electrons. The molecular formula is C10H14N2O2S. The number of nitrogens with two attached hydrogens (primary N) is 1. The molecular weight excluding hydrogens is 212 g/mol. The fraction of sp³-hybridized carbons (Fsp3) is 0.300. The highest BCUT2D eigenvalue weighted by Gasteiger charge is 2.06. The fourth-order valence-corrected chi connectivity index (χ4v) is 1.84. The zero-order valence-electron chi connectivity index (χ0n) is 8.31. The summed E-state index contributed by atoms with van der Waals surface area (Å²) < 4.78 is 11.2. The number of carbonyl (C=O) groups excluding carboxylic acids is 1. The number of hydrogen-bond donors (Lipinski definition) is 2. The lowest BCUT2D eigenvalue weighted by Crippen LogP contribution is -2.23. The zero-order valence-corrected chi connectivity index (χ0v) is 9.13. The number of benzene rings is 1. The maximum Gasteiger partial charge on any atom is 0.236 e. The molecule has 1 atom stereocenters. The van der Waals surface area contributed by atoms with Crippen molar-refractivity contribution in [1.82, 2.24) is 0 Å². The number of carbonyl (C=O) groups is 1. The van der Waals surface area contributed by atoms with Gasteiger partial charge in [0.1, 0.15) is 5.75 Å². The molecule has 0 aliphatic heterocycles. The smallest absolute Gasteiger partial charge is 0.236 e. The third kappa shape index (κ3) is 4.71. The van der Waals surface area contributed by atoms with Crippen molar-refractivity contribution < 1.29 is 9.00 Å². The van der Waals surface area contributed by atoms with Crippen LogP contribution in [0.4, 0.5) is 5.69 Å². The first-order chi connectivity index (χ1) is 7.22. The number of para-hydroxylation sites is 1. The van der Waals surface area contributed by atoms with Crippen LogP contribution >= 0.6 is 0 Å². The molecule has 0 bridgehead atoms. The summed E-state index contributed by atoms with van der Waals surface area (Å²) in [4.78, 5) is 11.4. The average Bonchev–Trinajstić information content (AvgIpc) is 2.19. The Hall–Kier alpha value is -1.20. The lowest BCUT2D eigenvalue weighted by molar-refractivity contribution is -0.113. The third-order valence-electron chi connectivity index (χ3n) is 1.70. The summed E-state index contributed by atoms with van der Waals surface area (Å²) in [6.45, 7) is 0.339.